The second-order valence-corrected chi connectivity index (χ2v) is 9.69. The van der Waals surface area contributed by atoms with E-state index in [2.05, 4.69) is 10.1 Å². The van der Waals surface area contributed by atoms with E-state index in [4.69, 9.17) is 9.05 Å². The zero-order valence-corrected chi connectivity index (χ0v) is 17.3. The Kier molecular flexibility index (Phi) is 7.15. The molecular formula is C16H30N3O7P. The van der Waals surface area contributed by atoms with E-state index in [9.17, 15) is 19.3 Å². The van der Waals surface area contributed by atoms with Crippen molar-refractivity contribution in [2.75, 3.05) is 46.4 Å². The minimum absolute atomic E-state index is 0.0159. The van der Waals surface area contributed by atoms with Crippen molar-refractivity contribution in [3.05, 3.63) is 0 Å². The van der Waals surface area contributed by atoms with Gasteiger partial charge in [-0.3, -0.25) is 0 Å². The van der Waals surface area contributed by atoms with E-state index in [1.54, 1.807) is 9.57 Å². The summed E-state index contributed by atoms with van der Waals surface area (Å²) < 4.78 is 17.8. The van der Waals surface area contributed by atoms with Gasteiger partial charge in [0.15, 0.2) is 0 Å². The zero-order chi connectivity index (χ0) is 20.2. The van der Waals surface area contributed by atoms with Crippen molar-refractivity contribution in [1.29, 1.82) is 0 Å². The Morgan fingerprint density at radius 2 is 1.89 bits per heavy atom. The van der Waals surface area contributed by atoms with Gasteiger partial charge in [-0.25, -0.2) is 0 Å². The molecule has 1 atom stereocenters. The number of ether oxygens (including phenoxy) is 1. The molecule has 0 aromatic heterocycles. The summed E-state index contributed by atoms with van der Waals surface area (Å²) in [6.45, 7) is 7.20. The monoisotopic (exact) mass is 407 g/mol. The molecule has 2 aliphatic rings. The molecule has 0 aliphatic carbocycles. The van der Waals surface area contributed by atoms with Gasteiger partial charge in [0, 0.05) is 0 Å². The molecule has 2 aliphatic heterocycles. The van der Waals surface area contributed by atoms with Crippen molar-refractivity contribution in [1.82, 2.24) is 14.9 Å². The first-order valence-electron chi connectivity index (χ1n) is 8.98. The molecule has 2 rings (SSSR count). The number of nitrogens with zero attached hydrogens (tertiary/aromatic N) is 2. The predicted octanol–water partition coefficient (Wildman–Crippen LogP) is -0.326. The first-order valence-corrected chi connectivity index (χ1v) is 10.7. The van der Waals surface area contributed by atoms with Gasteiger partial charge in [0.2, 0.25) is 0 Å². The van der Waals surface area contributed by atoms with Gasteiger partial charge in [-0.15, -0.1) is 0 Å². The van der Waals surface area contributed by atoms with Crippen LogP contribution in [0.3, 0.4) is 0 Å². The Bertz CT molecular complexity index is 580. The first kappa shape index (κ1) is 22.0. The number of piperazine rings is 1. The normalized spacial score (nSPS) is 26.1. The topological polar surface area (TPSA) is 118 Å². The summed E-state index contributed by atoms with van der Waals surface area (Å²) in [7, 11) is -2.46. The number of hydrogen-bond acceptors (Lipinski definition) is 8. The Morgan fingerprint density at radius 1 is 1.26 bits per heavy atom. The number of amides is 2. The average Bonchev–Trinajstić information content (AvgIpc) is 2.63. The maximum atomic E-state index is 12.6. The summed E-state index contributed by atoms with van der Waals surface area (Å²) in [5.41, 5.74) is -0.643. The molecule has 2 amide bonds. The number of methoxy groups -OCH3 is 1. The SMILES string of the molecule is COC(=O)CCNC(=O)[C@@H]1O[PH](O)(N2CCN(C(C)=O)CC2)OCC1(C)C. The predicted molar refractivity (Wildman–Crippen MR) is 98.6 cm³/mol. The third-order valence-corrected chi connectivity index (χ3v) is 7.14. The van der Waals surface area contributed by atoms with Gasteiger partial charge in [-0.1, -0.05) is 0 Å². The van der Waals surface area contributed by atoms with Crippen LogP contribution in [0.1, 0.15) is 27.2 Å². The summed E-state index contributed by atoms with van der Waals surface area (Å²) in [4.78, 5) is 47.9. The number of hydrogen-bond donors (Lipinski definition) is 2. The van der Waals surface area contributed by atoms with Crippen LogP contribution in [0.4, 0.5) is 0 Å². The van der Waals surface area contributed by atoms with Crippen molar-refractivity contribution in [3.63, 3.8) is 0 Å². The van der Waals surface area contributed by atoms with Crippen molar-refractivity contribution in [2.24, 2.45) is 5.41 Å². The first-order chi connectivity index (χ1) is 12.6. The molecule has 11 heteroatoms. The molecule has 0 bridgehead atoms. The quantitative estimate of drug-likeness (QED) is 0.470. The number of nitrogens with one attached hydrogen (secondary N) is 1. The van der Waals surface area contributed by atoms with E-state index in [1.807, 2.05) is 13.8 Å². The Balaban J connectivity index is 1.99. The van der Waals surface area contributed by atoms with Crippen LogP contribution in [0, 0.1) is 5.41 Å². The molecule has 2 fully saturated rings. The molecule has 2 N–H and O–H groups in total. The van der Waals surface area contributed by atoms with E-state index in [1.165, 1.54) is 14.0 Å². The molecule has 0 radical (unpaired) electrons. The van der Waals surface area contributed by atoms with Crippen LogP contribution in [0.15, 0.2) is 0 Å². The van der Waals surface area contributed by atoms with E-state index in [0.717, 1.165) is 0 Å². The molecule has 10 nitrogen and oxygen atoms in total. The van der Waals surface area contributed by atoms with Crippen LogP contribution in [0.2, 0.25) is 0 Å². The molecule has 0 unspecified atom stereocenters. The summed E-state index contributed by atoms with van der Waals surface area (Å²) >= 11 is 0. The van der Waals surface area contributed by atoms with Gasteiger partial charge in [0.25, 0.3) is 0 Å². The Labute approximate surface area is 159 Å². The third kappa shape index (κ3) is 5.36. The van der Waals surface area contributed by atoms with Crippen LogP contribution in [-0.2, 0) is 28.2 Å². The maximum absolute atomic E-state index is 12.6. The van der Waals surface area contributed by atoms with Gasteiger partial charge in [-0.05, 0) is 0 Å². The molecule has 0 spiro atoms. The third-order valence-electron chi connectivity index (χ3n) is 4.83. The number of carbonyl (C=O) groups is 3. The summed E-state index contributed by atoms with van der Waals surface area (Å²) in [5.74, 6) is -0.838. The van der Waals surface area contributed by atoms with Crippen LogP contribution in [0.25, 0.3) is 0 Å². The van der Waals surface area contributed by atoms with Gasteiger partial charge < -0.3 is 0 Å². The number of rotatable bonds is 5. The van der Waals surface area contributed by atoms with Gasteiger partial charge in [0.1, 0.15) is 0 Å². The standard InChI is InChI=1S/C16H30N3O7P/c1-12(20)18-7-9-19(10-8-18)27(23)25-11-16(2,3)14(26-27)15(22)17-6-5-13(21)24-4/h14,23,27H,5-11H2,1-4H3,(H,17,22)/t14-/m0/s1. The van der Waals surface area contributed by atoms with Crippen LogP contribution < -0.4 is 5.32 Å². The van der Waals surface area contributed by atoms with Gasteiger partial charge in [-0.2, -0.15) is 0 Å². The Morgan fingerprint density at radius 3 is 2.44 bits per heavy atom. The van der Waals surface area contributed by atoms with Crippen molar-refractivity contribution in [2.45, 2.75) is 33.3 Å². The molecule has 2 heterocycles. The summed E-state index contributed by atoms with van der Waals surface area (Å²) in [6.07, 6.45) is -0.855. The number of esters is 1. The van der Waals surface area contributed by atoms with E-state index in [-0.39, 0.29) is 25.5 Å². The minimum atomic E-state index is -3.74. The zero-order valence-electron chi connectivity index (χ0n) is 16.3. The molecule has 2 saturated heterocycles. The van der Waals surface area contributed by atoms with E-state index < -0.39 is 31.5 Å². The number of carbonyl (C=O) groups excluding carboxylic acids is 3. The van der Waals surface area contributed by atoms with Crippen molar-refractivity contribution < 1.29 is 33.1 Å². The summed E-state index contributed by atoms with van der Waals surface area (Å²) in [5, 5.41) is 2.66. The fourth-order valence-electron chi connectivity index (χ4n) is 3.06. The second kappa shape index (κ2) is 8.79. The fourth-order valence-corrected chi connectivity index (χ4v) is 5.52. The molecular weight excluding hydrogens is 377 g/mol. The van der Waals surface area contributed by atoms with Crippen LogP contribution in [-0.4, -0.2) is 84.8 Å². The molecule has 27 heavy (non-hydrogen) atoms. The van der Waals surface area contributed by atoms with E-state index in [0.29, 0.717) is 26.2 Å². The molecule has 0 aromatic carbocycles. The van der Waals surface area contributed by atoms with Crippen molar-refractivity contribution in [3.8, 4) is 0 Å². The molecule has 0 aromatic rings. The van der Waals surface area contributed by atoms with Crippen molar-refractivity contribution >= 4 is 25.9 Å². The van der Waals surface area contributed by atoms with Crippen LogP contribution >= 0.6 is 8.09 Å². The van der Waals surface area contributed by atoms with Gasteiger partial charge in [0.05, 0.1) is 0 Å². The van der Waals surface area contributed by atoms with E-state index >= 15 is 0 Å². The average molecular weight is 407 g/mol. The fraction of sp³-hybridized carbons (Fsp3) is 0.812. The molecule has 156 valence electrons. The van der Waals surface area contributed by atoms with Crippen LogP contribution in [0.5, 0.6) is 0 Å². The second-order valence-electron chi connectivity index (χ2n) is 7.43. The van der Waals surface area contributed by atoms with Gasteiger partial charge >= 0.3 is 159 Å². The molecule has 0 saturated carbocycles. The Hall–Kier alpha value is -1.32. The summed E-state index contributed by atoms with van der Waals surface area (Å²) in [6, 6.07) is 0.